The number of hydrogen-bond acceptors (Lipinski definition) is 5. The first-order valence-electron chi connectivity index (χ1n) is 4.50. The molecular formula is C10H13NO5. The second-order valence-electron chi connectivity index (χ2n) is 3.24. The average Bonchev–Trinajstić information content (AvgIpc) is 2.26. The van der Waals surface area contributed by atoms with Crippen LogP contribution < -0.4 is 10.5 Å². The highest BCUT2D eigenvalue weighted by Gasteiger charge is 2.26. The highest BCUT2D eigenvalue weighted by Crippen LogP contribution is 2.30. The zero-order valence-electron chi connectivity index (χ0n) is 8.62. The number of rotatable bonds is 4. The van der Waals surface area contributed by atoms with Crippen molar-refractivity contribution in [3.63, 3.8) is 0 Å². The van der Waals surface area contributed by atoms with E-state index in [-0.39, 0.29) is 17.1 Å². The molecule has 2 atom stereocenters. The van der Waals surface area contributed by atoms with Crippen molar-refractivity contribution in [3.8, 4) is 11.5 Å². The third-order valence-corrected chi connectivity index (χ3v) is 2.16. The lowest BCUT2D eigenvalue weighted by molar-refractivity contribution is -0.141. The molecule has 1 aromatic carbocycles. The lowest BCUT2D eigenvalue weighted by Crippen LogP contribution is -2.36. The number of ether oxygens (including phenoxy) is 1. The van der Waals surface area contributed by atoms with E-state index in [1.165, 1.54) is 25.3 Å². The van der Waals surface area contributed by atoms with Crippen molar-refractivity contribution in [2.45, 2.75) is 12.1 Å². The summed E-state index contributed by atoms with van der Waals surface area (Å²) in [6, 6.07) is 2.50. The summed E-state index contributed by atoms with van der Waals surface area (Å²) < 4.78 is 4.91. The number of methoxy groups -OCH3 is 1. The molecule has 0 fully saturated rings. The maximum atomic E-state index is 10.6. The minimum Gasteiger partial charge on any atom is -0.508 e. The van der Waals surface area contributed by atoms with Gasteiger partial charge in [-0.2, -0.15) is 0 Å². The van der Waals surface area contributed by atoms with Crippen molar-refractivity contribution in [2.75, 3.05) is 7.11 Å². The summed E-state index contributed by atoms with van der Waals surface area (Å²) in [4.78, 5) is 10.6. The van der Waals surface area contributed by atoms with Gasteiger partial charge in [-0.1, -0.05) is 0 Å². The second-order valence-corrected chi connectivity index (χ2v) is 3.24. The van der Waals surface area contributed by atoms with Crippen molar-refractivity contribution in [2.24, 2.45) is 5.73 Å². The van der Waals surface area contributed by atoms with E-state index < -0.39 is 18.1 Å². The highest BCUT2D eigenvalue weighted by molar-refractivity contribution is 5.74. The Bertz CT molecular complexity index is 393. The second kappa shape index (κ2) is 4.82. The molecule has 0 saturated heterocycles. The van der Waals surface area contributed by atoms with Crippen LogP contribution in [0.4, 0.5) is 0 Å². The molecule has 5 N–H and O–H groups in total. The molecule has 0 aromatic heterocycles. The lowest BCUT2D eigenvalue weighted by Gasteiger charge is -2.18. The van der Waals surface area contributed by atoms with E-state index in [2.05, 4.69) is 0 Å². The number of aliphatic hydroxyl groups is 1. The molecule has 1 rings (SSSR count). The fraction of sp³-hybridized carbons (Fsp3) is 0.300. The third kappa shape index (κ3) is 2.41. The molecule has 1 aromatic rings. The van der Waals surface area contributed by atoms with Gasteiger partial charge in [-0.05, 0) is 12.1 Å². The molecule has 88 valence electrons. The van der Waals surface area contributed by atoms with Gasteiger partial charge in [0.2, 0.25) is 0 Å². The smallest absolute Gasteiger partial charge is 0.323 e. The Hall–Kier alpha value is -1.79. The molecule has 6 nitrogen and oxygen atoms in total. The van der Waals surface area contributed by atoms with Gasteiger partial charge in [-0.15, -0.1) is 0 Å². The number of hydrogen-bond donors (Lipinski definition) is 4. The van der Waals surface area contributed by atoms with Gasteiger partial charge >= 0.3 is 5.97 Å². The van der Waals surface area contributed by atoms with Crippen molar-refractivity contribution in [1.29, 1.82) is 0 Å². The first-order chi connectivity index (χ1) is 7.47. The third-order valence-electron chi connectivity index (χ3n) is 2.16. The Balaban J connectivity index is 3.07. The highest BCUT2D eigenvalue weighted by atomic mass is 16.5. The van der Waals surface area contributed by atoms with E-state index in [0.717, 1.165) is 0 Å². The fourth-order valence-corrected chi connectivity index (χ4v) is 1.27. The maximum absolute atomic E-state index is 10.6. The van der Waals surface area contributed by atoms with Crippen molar-refractivity contribution < 1.29 is 24.9 Å². The van der Waals surface area contributed by atoms with Gasteiger partial charge in [0.15, 0.2) is 0 Å². The van der Waals surface area contributed by atoms with Crippen LogP contribution in [-0.2, 0) is 4.79 Å². The number of nitrogens with two attached hydrogens (primary N) is 1. The molecule has 6 heteroatoms. The molecule has 0 aliphatic rings. The van der Waals surface area contributed by atoms with Crippen LogP contribution in [0.15, 0.2) is 18.2 Å². The van der Waals surface area contributed by atoms with Crippen LogP contribution in [0.25, 0.3) is 0 Å². The monoisotopic (exact) mass is 227 g/mol. The average molecular weight is 227 g/mol. The molecule has 16 heavy (non-hydrogen) atoms. The minimum absolute atomic E-state index is 0.0447. The summed E-state index contributed by atoms with van der Waals surface area (Å²) in [5.41, 5.74) is 5.50. The van der Waals surface area contributed by atoms with Gasteiger partial charge in [0, 0.05) is 11.6 Å². The Morgan fingerprint density at radius 3 is 2.62 bits per heavy atom. The molecule has 0 aliphatic carbocycles. The van der Waals surface area contributed by atoms with Crippen LogP contribution in [0, 0.1) is 0 Å². The van der Waals surface area contributed by atoms with Gasteiger partial charge in [0.25, 0.3) is 0 Å². The predicted octanol–water partition coefficient (Wildman–Crippen LogP) is -0.154. The Morgan fingerprint density at radius 2 is 2.12 bits per heavy atom. The predicted molar refractivity (Wildman–Crippen MR) is 55.2 cm³/mol. The molecule has 0 bridgehead atoms. The number of carboxylic acids is 1. The summed E-state index contributed by atoms with van der Waals surface area (Å²) in [5, 5.41) is 27.5. The summed E-state index contributed by atoms with van der Waals surface area (Å²) in [6.07, 6.45) is -1.40. The summed E-state index contributed by atoms with van der Waals surface area (Å²) in [6.45, 7) is 0. The van der Waals surface area contributed by atoms with Gasteiger partial charge in [-0.25, -0.2) is 0 Å². The zero-order chi connectivity index (χ0) is 12.3. The molecule has 0 radical (unpaired) electrons. The quantitative estimate of drug-likeness (QED) is 0.568. The van der Waals surface area contributed by atoms with Gasteiger partial charge in [0.05, 0.1) is 7.11 Å². The fourth-order valence-electron chi connectivity index (χ4n) is 1.27. The Kier molecular flexibility index (Phi) is 3.70. The van der Waals surface area contributed by atoms with Crippen LogP contribution >= 0.6 is 0 Å². The molecular weight excluding hydrogens is 214 g/mol. The summed E-state index contributed by atoms with van der Waals surface area (Å²) in [7, 11) is 1.34. The Labute approximate surface area is 91.9 Å². The number of carboxylic acid groups (broad SMARTS) is 1. The first-order valence-corrected chi connectivity index (χ1v) is 4.50. The molecule has 2 unspecified atom stereocenters. The standard InChI is InChI=1S/C10H13NO5/c1-16-7-4-5(12)2-3-6(7)9(13)8(11)10(14)15/h2-4,8-9,12-13H,11H2,1H3,(H,14,15). The number of benzene rings is 1. The topological polar surface area (TPSA) is 113 Å². The van der Waals surface area contributed by atoms with Crippen LogP contribution in [0.5, 0.6) is 11.5 Å². The Morgan fingerprint density at radius 1 is 1.50 bits per heavy atom. The van der Waals surface area contributed by atoms with E-state index in [9.17, 15) is 15.0 Å². The molecule has 0 aliphatic heterocycles. The normalized spacial score (nSPS) is 14.2. The molecule has 0 amide bonds. The van der Waals surface area contributed by atoms with E-state index in [1.807, 2.05) is 0 Å². The van der Waals surface area contributed by atoms with Crippen molar-refractivity contribution in [3.05, 3.63) is 23.8 Å². The van der Waals surface area contributed by atoms with Gasteiger partial charge in [0.1, 0.15) is 23.6 Å². The van der Waals surface area contributed by atoms with Crippen LogP contribution in [0.1, 0.15) is 11.7 Å². The van der Waals surface area contributed by atoms with Gasteiger partial charge in [-0.3, -0.25) is 4.79 Å². The number of aliphatic carboxylic acids is 1. The largest absolute Gasteiger partial charge is 0.508 e. The molecule has 0 heterocycles. The first kappa shape index (κ1) is 12.3. The van der Waals surface area contributed by atoms with E-state index in [1.54, 1.807) is 0 Å². The van der Waals surface area contributed by atoms with Gasteiger partial charge < -0.3 is 25.8 Å². The lowest BCUT2D eigenvalue weighted by atomic mass is 10.0. The van der Waals surface area contributed by atoms with Crippen molar-refractivity contribution >= 4 is 5.97 Å². The minimum atomic E-state index is -1.45. The number of carbonyl (C=O) groups is 1. The van der Waals surface area contributed by atoms with E-state index in [0.29, 0.717) is 0 Å². The van der Waals surface area contributed by atoms with Crippen molar-refractivity contribution in [1.82, 2.24) is 0 Å². The SMILES string of the molecule is COc1cc(O)ccc1C(O)C(N)C(=O)O. The molecule has 0 saturated carbocycles. The summed E-state index contributed by atoms with van der Waals surface area (Å²) >= 11 is 0. The van der Waals surface area contributed by atoms with E-state index in [4.69, 9.17) is 15.6 Å². The van der Waals surface area contributed by atoms with Crippen LogP contribution in [-0.4, -0.2) is 34.4 Å². The summed E-state index contributed by atoms with van der Waals surface area (Å²) in [5.74, 6) is -1.18. The number of phenols is 1. The number of aromatic hydroxyl groups is 1. The van der Waals surface area contributed by atoms with Crippen LogP contribution in [0.2, 0.25) is 0 Å². The zero-order valence-corrected chi connectivity index (χ0v) is 8.62. The molecule has 0 spiro atoms. The number of phenolic OH excluding ortho intramolecular Hbond substituents is 1. The van der Waals surface area contributed by atoms with Crippen LogP contribution in [0.3, 0.4) is 0 Å². The maximum Gasteiger partial charge on any atom is 0.323 e. The van der Waals surface area contributed by atoms with E-state index >= 15 is 0 Å². The number of aliphatic hydroxyl groups excluding tert-OH is 1.